The summed E-state index contributed by atoms with van der Waals surface area (Å²) in [6.45, 7) is 6.51. The molecular formula is C26H31N7O. The Balaban J connectivity index is 1.25. The smallest absolute Gasteiger partial charge is 0.125 e. The molecule has 0 spiro atoms. The molecule has 0 saturated carbocycles. The highest BCUT2D eigenvalue weighted by Gasteiger charge is 2.28. The van der Waals surface area contributed by atoms with Crippen molar-refractivity contribution in [3.8, 4) is 6.07 Å². The van der Waals surface area contributed by atoms with Crippen LogP contribution >= 0.6 is 0 Å². The van der Waals surface area contributed by atoms with Gasteiger partial charge in [0, 0.05) is 74.0 Å². The van der Waals surface area contributed by atoms with E-state index in [0.29, 0.717) is 17.4 Å². The van der Waals surface area contributed by atoms with Gasteiger partial charge in [-0.25, -0.2) is 4.98 Å². The number of nitrogens with two attached hydrogens (primary N) is 1. The molecule has 1 aromatic carbocycles. The quantitative estimate of drug-likeness (QED) is 0.603. The minimum absolute atomic E-state index is 0.0815. The second-order valence-corrected chi connectivity index (χ2v) is 9.25. The molecule has 8 nitrogen and oxygen atoms in total. The lowest BCUT2D eigenvalue weighted by Gasteiger charge is -2.40. The molecule has 4 heterocycles. The fourth-order valence-corrected chi connectivity index (χ4v) is 5.19. The van der Waals surface area contributed by atoms with Crippen molar-refractivity contribution < 1.29 is 4.74 Å². The highest BCUT2D eigenvalue weighted by molar-refractivity contribution is 5.95. The third-order valence-corrected chi connectivity index (χ3v) is 6.72. The number of hydrogen-bond donors (Lipinski definition) is 2. The number of nitrogens with zero attached hydrogens (tertiary/aromatic N) is 5. The summed E-state index contributed by atoms with van der Waals surface area (Å²) < 4.78 is 6.30. The first-order chi connectivity index (χ1) is 16.6. The zero-order valence-electron chi connectivity index (χ0n) is 19.5. The van der Waals surface area contributed by atoms with Crippen LogP contribution in [-0.2, 0) is 4.74 Å². The predicted octanol–water partition coefficient (Wildman–Crippen LogP) is 2.94. The molecule has 176 valence electrons. The molecule has 5 rings (SSSR count). The monoisotopic (exact) mass is 457 g/mol. The maximum Gasteiger partial charge on any atom is 0.125 e. The van der Waals surface area contributed by atoms with E-state index in [0.717, 1.165) is 67.8 Å². The van der Waals surface area contributed by atoms with Crippen molar-refractivity contribution in [2.24, 2.45) is 0 Å². The molecule has 0 unspecified atom stereocenters. The minimum atomic E-state index is 0.0815. The van der Waals surface area contributed by atoms with E-state index in [9.17, 15) is 5.26 Å². The number of hydrogen-bond acceptors (Lipinski definition) is 8. The second-order valence-electron chi connectivity index (χ2n) is 9.25. The van der Waals surface area contributed by atoms with Gasteiger partial charge in [-0.1, -0.05) is 0 Å². The lowest BCUT2D eigenvalue weighted by molar-refractivity contribution is -0.0159. The van der Waals surface area contributed by atoms with Gasteiger partial charge in [-0.3, -0.25) is 4.98 Å². The number of aromatic nitrogens is 2. The summed E-state index contributed by atoms with van der Waals surface area (Å²) in [4.78, 5) is 13.3. The zero-order valence-corrected chi connectivity index (χ0v) is 19.5. The van der Waals surface area contributed by atoms with E-state index in [4.69, 9.17) is 10.5 Å². The van der Waals surface area contributed by atoms with E-state index < -0.39 is 0 Å². The second kappa shape index (κ2) is 9.84. The van der Waals surface area contributed by atoms with Crippen LogP contribution in [0, 0.1) is 11.3 Å². The molecular weight excluding hydrogens is 426 g/mol. The van der Waals surface area contributed by atoms with Crippen molar-refractivity contribution in [2.45, 2.75) is 38.0 Å². The van der Waals surface area contributed by atoms with Gasteiger partial charge in [0.05, 0.1) is 23.3 Å². The third-order valence-electron chi connectivity index (χ3n) is 6.72. The summed E-state index contributed by atoms with van der Waals surface area (Å²) in [5.41, 5.74) is 9.50. The third kappa shape index (κ3) is 4.76. The van der Waals surface area contributed by atoms with E-state index in [1.54, 1.807) is 12.4 Å². The van der Waals surface area contributed by atoms with Gasteiger partial charge in [0.2, 0.25) is 0 Å². The molecule has 0 bridgehead atoms. The summed E-state index contributed by atoms with van der Waals surface area (Å²) >= 11 is 0. The van der Waals surface area contributed by atoms with Gasteiger partial charge in [0.1, 0.15) is 11.9 Å². The number of piperidine rings is 1. The molecule has 2 saturated heterocycles. The van der Waals surface area contributed by atoms with Gasteiger partial charge in [-0.15, -0.1) is 0 Å². The van der Waals surface area contributed by atoms with E-state index >= 15 is 0 Å². The Morgan fingerprint density at radius 3 is 2.91 bits per heavy atom. The van der Waals surface area contributed by atoms with Crippen molar-refractivity contribution >= 4 is 28.1 Å². The normalized spacial score (nSPS) is 23.1. The van der Waals surface area contributed by atoms with Crippen molar-refractivity contribution in [3.05, 3.63) is 54.4 Å². The molecule has 34 heavy (non-hydrogen) atoms. The molecule has 3 aromatic rings. The molecule has 0 aliphatic carbocycles. The number of benzene rings is 1. The molecule has 3 atom stereocenters. The van der Waals surface area contributed by atoms with Crippen LogP contribution in [0.3, 0.4) is 0 Å². The lowest BCUT2D eigenvalue weighted by atomic mass is 10.0. The van der Waals surface area contributed by atoms with Crippen LogP contribution < -0.4 is 20.9 Å². The summed E-state index contributed by atoms with van der Waals surface area (Å²) in [6, 6.07) is 14.5. The van der Waals surface area contributed by atoms with Crippen LogP contribution in [0.15, 0.2) is 48.8 Å². The number of nitrogen functional groups attached to an aromatic ring is 1. The molecule has 0 radical (unpaired) electrons. The summed E-state index contributed by atoms with van der Waals surface area (Å²) in [5, 5.41) is 14.2. The summed E-state index contributed by atoms with van der Waals surface area (Å²) in [5.74, 6) is 0.558. The Labute approximate surface area is 200 Å². The summed E-state index contributed by atoms with van der Waals surface area (Å²) in [7, 11) is 0. The Hall–Kier alpha value is -3.41. The number of morpholine rings is 1. The maximum absolute atomic E-state index is 9.48. The van der Waals surface area contributed by atoms with Crippen molar-refractivity contribution in [2.75, 3.05) is 48.3 Å². The minimum Gasteiger partial charge on any atom is -0.384 e. The molecule has 2 fully saturated rings. The van der Waals surface area contributed by atoms with Crippen LogP contribution in [-0.4, -0.2) is 60.9 Å². The predicted molar refractivity (Wildman–Crippen MR) is 135 cm³/mol. The number of nitrogens with one attached hydrogen (secondary N) is 1. The van der Waals surface area contributed by atoms with E-state index in [2.05, 4.69) is 38.1 Å². The van der Waals surface area contributed by atoms with Gasteiger partial charge in [-0.2, -0.15) is 5.26 Å². The first-order valence-corrected chi connectivity index (χ1v) is 12.0. The van der Waals surface area contributed by atoms with Crippen LogP contribution in [0.2, 0.25) is 0 Å². The molecule has 2 aliphatic heterocycles. The van der Waals surface area contributed by atoms with Crippen LogP contribution in [0.1, 0.15) is 25.3 Å². The molecule has 3 N–H and O–H groups in total. The highest BCUT2D eigenvalue weighted by Crippen LogP contribution is 2.30. The first-order valence-electron chi connectivity index (χ1n) is 12.0. The van der Waals surface area contributed by atoms with Crippen LogP contribution in [0.5, 0.6) is 0 Å². The largest absolute Gasteiger partial charge is 0.384 e. The fraction of sp³-hybridized carbons (Fsp3) is 0.423. The van der Waals surface area contributed by atoms with E-state index in [-0.39, 0.29) is 12.2 Å². The van der Waals surface area contributed by atoms with Gasteiger partial charge in [0.25, 0.3) is 0 Å². The molecule has 2 aromatic heterocycles. The Morgan fingerprint density at radius 2 is 2.06 bits per heavy atom. The topological polar surface area (TPSA) is 103 Å². The molecule has 2 aliphatic rings. The summed E-state index contributed by atoms with van der Waals surface area (Å²) in [6.07, 6.45) is 6.00. The number of nitriles is 1. The Kier molecular flexibility index (Phi) is 6.48. The fourth-order valence-electron chi connectivity index (χ4n) is 5.19. The number of rotatable bonds is 5. The number of fused-ring (bicyclic) bond motifs is 1. The van der Waals surface area contributed by atoms with Gasteiger partial charge in [-0.05, 0) is 50.1 Å². The van der Waals surface area contributed by atoms with Crippen molar-refractivity contribution in [1.29, 1.82) is 5.26 Å². The molecule has 0 amide bonds. The van der Waals surface area contributed by atoms with Crippen molar-refractivity contribution in [3.63, 3.8) is 0 Å². The Morgan fingerprint density at radius 1 is 1.15 bits per heavy atom. The SMILES string of the molecule is C[C@@H]1CN(c2ccc(C#N)c3ncccc23)C[C@@H](CN[C@@H]2CCCN(c3ccnc(N)c3)C2)O1. The maximum atomic E-state index is 9.48. The van der Waals surface area contributed by atoms with Crippen LogP contribution in [0.25, 0.3) is 10.9 Å². The molecule has 8 heteroatoms. The Bertz CT molecular complexity index is 1190. The highest BCUT2D eigenvalue weighted by atomic mass is 16.5. The first kappa shape index (κ1) is 22.4. The van der Waals surface area contributed by atoms with E-state index in [1.165, 1.54) is 0 Å². The van der Waals surface area contributed by atoms with E-state index in [1.807, 2.05) is 36.4 Å². The standard InChI is InChI=1S/C26H31N7O/c1-18-15-33(24-7-6-19(13-27)26-23(24)5-2-9-30-26)17-22(34-18)14-31-20-4-3-11-32(16-20)21-8-10-29-25(28)12-21/h2,5-10,12,18,20,22,31H,3-4,11,14-17H2,1H3,(H2,28,29)/t18-,20-,22-/m1/s1. The average Bonchev–Trinajstić information content (AvgIpc) is 2.86. The lowest BCUT2D eigenvalue weighted by Crippen LogP contribution is -2.53. The van der Waals surface area contributed by atoms with Gasteiger partial charge in [0.15, 0.2) is 0 Å². The average molecular weight is 458 g/mol. The van der Waals surface area contributed by atoms with Gasteiger partial charge >= 0.3 is 0 Å². The number of pyridine rings is 2. The zero-order chi connectivity index (χ0) is 23.5. The van der Waals surface area contributed by atoms with Gasteiger partial charge < -0.3 is 25.6 Å². The van der Waals surface area contributed by atoms with Crippen LogP contribution in [0.4, 0.5) is 17.2 Å². The number of ether oxygens (including phenoxy) is 1. The van der Waals surface area contributed by atoms with Crippen molar-refractivity contribution in [1.82, 2.24) is 15.3 Å². The number of anilines is 3.